The van der Waals surface area contributed by atoms with Crippen molar-refractivity contribution in [2.45, 2.75) is 51.0 Å². The number of hydrogen-bond donors (Lipinski definition) is 1. The van der Waals surface area contributed by atoms with E-state index in [-0.39, 0.29) is 12.0 Å². The first-order valence-corrected chi connectivity index (χ1v) is 6.05. The van der Waals surface area contributed by atoms with Crippen LogP contribution < -0.4 is 0 Å². The van der Waals surface area contributed by atoms with Gasteiger partial charge in [-0.25, -0.2) is 4.79 Å². The monoisotopic (exact) mass is 254 g/mol. The smallest absolute Gasteiger partial charge is 0.410 e. The van der Waals surface area contributed by atoms with Crippen molar-refractivity contribution in [2.75, 3.05) is 6.54 Å². The number of carbonyl (C=O) groups excluding carboxylic acids is 1. The lowest BCUT2D eigenvalue weighted by Crippen LogP contribution is -2.51. The zero-order valence-electron chi connectivity index (χ0n) is 10.8. The number of piperidine rings is 1. The molecule has 7 nitrogen and oxygen atoms in total. The van der Waals surface area contributed by atoms with E-state index in [0.29, 0.717) is 13.0 Å². The molecule has 1 aliphatic carbocycles. The first-order chi connectivity index (χ1) is 8.33. The highest BCUT2D eigenvalue weighted by molar-refractivity contribution is 5.69. The van der Waals surface area contributed by atoms with Gasteiger partial charge in [-0.15, -0.1) is 0 Å². The van der Waals surface area contributed by atoms with Gasteiger partial charge in [0.25, 0.3) is 0 Å². The molecule has 0 aromatic carbocycles. The highest BCUT2D eigenvalue weighted by Crippen LogP contribution is 2.40. The van der Waals surface area contributed by atoms with Crippen molar-refractivity contribution >= 4 is 6.09 Å². The molecule has 1 saturated carbocycles. The summed E-state index contributed by atoms with van der Waals surface area (Å²) < 4.78 is 5.29. The van der Waals surface area contributed by atoms with Crippen LogP contribution in [0.3, 0.4) is 0 Å². The number of carbonyl (C=O) groups is 1. The normalized spacial score (nSPS) is 34.3. The molecule has 1 amide bonds. The summed E-state index contributed by atoms with van der Waals surface area (Å²) in [6.45, 7) is 5.90. The number of likely N-dealkylation sites (tertiary alicyclic amines) is 1. The fourth-order valence-electron chi connectivity index (χ4n) is 2.73. The van der Waals surface area contributed by atoms with Gasteiger partial charge in [0, 0.05) is 11.5 Å². The van der Waals surface area contributed by atoms with Crippen molar-refractivity contribution in [1.29, 1.82) is 0 Å². The number of aliphatic hydroxyl groups excluding tert-OH is 1. The molecule has 2 bridgehead atoms. The van der Waals surface area contributed by atoms with Crippen molar-refractivity contribution in [1.82, 2.24) is 4.90 Å². The third-order valence-corrected chi connectivity index (χ3v) is 3.42. The third kappa shape index (κ3) is 2.23. The number of ether oxygens (including phenoxy) is 1. The molecule has 4 atom stereocenters. The van der Waals surface area contributed by atoms with Crippen LogP contribution in [-0.2, 0) is 4.74 Å². The molecule has 0 spiro atoms. The Hall–Kier alpha value is -1.46. The summed E-state index contributed by atoms with van der Waals surface area (Å²) in [5.41, 5.74) is 7.89. The first-order valence-electron chi connectivity index (χ1n) is 6.05. The largest absolute Gasteiger partial charge is 0.444 e. The summed E-state index contributed by atoms with van der Waals surface area (Å²) >= 11 is 0. The Balaban J connectivity index is 2.05. The Kier molecular flexibility index (Phi) is 3.12. The van der Waals surface area contributed by atoms with E-state index in [9.17, 15) is 9.90 Å². The van der Waals surface area contributed by atoms with E-state index in [1.54, 1.807) is 25.7 Å². The van der Waals surface area contributed by atoms with Crippen LogP contribution in [0.5, 0.6) is 0 Å². The molecule has 100 valence electrons. The molecule has 4 unspecified atom stereocenters. The van der Waals surface area contributed by atoms with Gasteiger partial charge < -0.3 is 14.7 Å². The number of aliphatic hydroxyl groups is 1. The average molecular weight is 254 g/mol. The van der Waals surface area contributed by atoms with E-state index in [1.165, 1.54) is 0 Å². The average Bonchev–Trinajstić information content (AvgIpc) is 2.77. The van der Waals surface area contributed by atoms with Crippen molar-refractivity contribution < 1.29 is 14.6 Å². The van der Waals surface area contributed by atoms with Crippen LogP contribution in [0.2, 0.25) is 0 Å². The van der Waals surface area contributed by atoms with Crippen LogP contribution in [0, 0.1) is 5.92 Å². The van der Waals surface area contributed by atoms with Crippen LogP contribution in [0.15, 0.2) is 5.11 Å². The van der Waals surface area contributed by atoms with Crippen molar-refractivity contribution in [3.05, 3.63) is 10.4 Å². The molecule has 2 aliphatic rings. The lowest BCUT2D eigenvalue weighted by molar-refractivity contribution is -0.00617. The molecule has 2 rings (SSSR count). The number of amides is 1. The quantitative estimate of drug-likeness (QED) is 0.437. The number of nitrogens with zero attached hydrogens (tertiary/aromatic N) is 4. The molecular weight excluding hydrogens is 236 g/mol. The van der Waals surface area contributed by atoms with Crippen molar-refractivity contribution in [3.63, 3.8) is 0 Å². The minimum atomic E-state index is -0.785. The zero-order chi connectivity index (χ0) is 13.5. The molecule has 1 aliphatic heterocycles. The van der Waals surface area contributed by atoms with E-state index in [4.69, 9.17) is 10.3 Å². The van der Waals surface area contributed by atoms with Crippen molar-refractivity contribution in [3.8, 4) is 0 Å². The fraction of sp³-hybridized carbons (Fsp3) is 0.909. The summed E-state index contributed by atoms with van der Waals surface area (Å²) in [5, 5.41) is 13.6. The van der Waals surface area contributed by atoms with Crippen LogP contribution in [0.25, 0.3) is 10.4 Å². The molecule has 1 N–H and O–H groups in total. The molecule has 0 aromatic heterocycles. The summed E-state index contributed by atoms with van der Waals surface area (Å²) in [4.78, 5) is 16.2. The first kappa shape index (κ1) is 13.0. The van der Waals surface area contributed by atoms with Gasteiger partial charge in [-0.3, -0.25) is 0 Å². The van der Waals surface area contributed by atoms with Gasteiger partial charge >= 0.3 is 6.09 Å². The predicted octanol–water partition coefficient (Wildman–Crippen LogP) is 1.67. The minimum Gasteiger partial charge on any atom is -0.444 e. The van der Waals surface area contributed by atoms with E-state index in [2.05, 4.69) is 10.0 Å². The molecule has 1 heterocycles. The SMILES string of the molecule is CC(C)(C)OC(=O)N1CC2CC1C(O)C2N=[N+]=[N-]. The number of rotatable bonds is 1. The van der Waals surface area contributed by atoms with Gasteiger partial charge in [0.1, 0.15) is 5.60 Å². The number of fused-ring (bicyclic) bond motifs is 2. The second-order valence-electron chi connectivity index (χ2n) is 5.88. The van der Waals surface area contributed by atoms with Crippen LogP contribution in [-0.4, -0.2) is 46.4 Å². The molecule has 7 heteroatoms. The summed E-state index contributed by atoms with van der Waals surface area (Å²) in [6.07, 6.45) is -0.523. The second-order valence-corrected chi connectivity index (χ2v) is 5.88. The predicted molar refractivity (Wildman–Crippen MR) is 63.8 cm³/mol. The summed E-state index contributed by atoms with van der Waals surface area (Å²) in [5.74, 6) is 0.0356. The molecule has 1 saturated heterocycles. The van der Waals surface area contributed by atoms with E-state index < -0.39 is 23.8 Å². The highest BCUT2D eigenvalue weighted by Gasteiger charge is 2.53. The zero-order valence-corrected chi connectivity index (χ0v) is 10.8. The minimum absolute atomic E-state index is 0.0356. The van der Waals surface area contributed by atoms with Gasteiger partial charge in [-0.05, 0) is 38.6 Å². The maximum Gasteiger partial charge on any atom is 0.410 e. The second kappa shape index (κ2) is 4.33. The Morgan fingerprint density at radius 2 is 2.22 bits per heavy atom. The van der Waals surface area contributed by atoms with Gasteiger partial charge in [0.15, 0.2) is 0 Å². The topological polar surface area (TPSA) is 98.5 Å². The molecule has 2 fully saturated rings. The lowest BCUT2D eigenvalue weighted by Gasteiger charge is -2.34. The number of azide groups is 1. The maximum absolute atomic E-state index is 12.0. The van der Waals surface area contributed by atoms with Gasteiger partial charge in [-0.1, -0.05) is 5.11 Å². The van der Waals surface area contributed by atoms with Crippen LogP contribution in [0.1, 0.15) is 27.2 Å². The molecular formula is C11H18N4O3. The van der Waals surface area contributed by atoms with Gasteiger partial charge in [0.2, 0.25) is 0 Å². The Labute approximate surface area is 105 Å². The highest BCUT2D eigenvalue weighted by atomic mass is 16.6. The van der Waals surface area contributed by atoms with Gasteiger partial charge in [-0.2, -0.15) is 0 Å². The molecule has 18 heavy (non-hydrogen) atoms. The van der Waals surface area contributed by atoms with Crippen LogP contribution >= 0.6 is 0 Å². The van der Waals surface area contributed by atoms with E-state index in [1.807, 2.05) is 0 Å². The lowest BCUT2D eigenvalue weighted by atomic mass is 10.0. The third-order valence-electron chi connectivity index (χ3n) is 3.42. The Bertz CT molecular complexity index is 398. The van der Waals surface area contributed by atoms with E-state index in [0.717, 1.165) is 0 Å². The molecule has 0 radical (unpaired) electrons. The fourth-order valence-corrected chi connectivity index (χ4v) is 2.73. The Morgan fingerprint density at radius 1 is 1.56 bits per heavy atom. The van der Waals surface area contributed by atoms with Gasteiger partial charge in [0.05, 0.1) is 18.2 Å². The molecule has 0 aromatic rings. The standard InChI is InChI=1S/C11H18N4O3/c1-11(2,3)18-10(17)15-5-6-4-7(15)9(16)8(6)13-14-12/h6-9,16H,4-5H2,1-3H3. The Morgan fingerprint density at radius 3 is 2.72 bits per heavy atom. The summed E-state index contributed by atoms with van der Waals surface area (Å²) in [6, 6.07) is -0.709. The summed E-state index contributed by atoms with van der Waals surface area (Å²) in [7, 11) is 0. The number of hydrogen-bond acceptors (Lipinski definition) is 4. The maximum atomic E-state index is 12.0. The van der Waals surface area contributed by atoms with Crippen molar-refractivity contribution in [2.24, 2.45) is 11.0 Å². The van der Waals surface area contributed by atoms with Crippen LogP contribution in [0.4, 0.5) is 4.79 Å². The van der Waals surface area contributed by atoms with E-state index >= 15 is 0 Å².